The Hall–Kier alpha value is -2.35. The first-order chi connectivity index (χ1) is 11.2. The van der Waals surface area contributed by atoms with Crippen molar-refractivity contribution in [1.82, 2.24) is 4.57 Å². The van der Waals surface area contributed by atoms with E-state index in [9.17, 15) is 0 Å². The Kier molecular flexibility index (Phi) is 3.53. The number of aromatic nitrogens is 2. The van der Waals surface area contributed by atoms with Crippen LogP contribution in [0, 0.1) is 13.8 Å². The van der Waals surface area contributed by atoms with Crippen LogP contribution in [0.4, 0.5) is 0 Å². The van der Waals surface area contributed by atoms with Gasteiger partial charge in [0.05, 0.1) is 13.0 Å². The second-order valence-electron chi connectivity index (χ2n) is 6.61. The summed E-state index contributed by atoms with van der Waals surface area (Å²) in [6.07, 6.45) is 4.77. The molecule has 0 saturated heterocycles. The third-order valence-electron chi connectivity index (χ3n) is 4.94. The van der Waals surface area contributed by atoms with Gasteiger partial charge in [-0.25, -0.2) is 9.13 Å². The van der Waals surface area contributed by atoms with Gasteiger partial charge in [0.1, 0.15) is 12.7 Å². The molecule has 0 saturated carbocycles. The molecule has 1 aliphatic rings. The molecule has 0 N–H and O–H groups in total. The van der Waals surface area contributed by atoms with E-state index in [1.54, 1.807) is 0 Å². The highest BCUT2D eigenvalue weighted by atomic mass is 15.2. The summed E-state index contributed by atoms with van der Waals surface area (Å²) in [4.78, 5) is 0. The first-order valence-electron chi connectivity index (χ1n) is 8.46. The van der Waals surface area contributed by atoms with E-state index in [0.29, 0.717) is 0 Å². The fourth-order valence-corrected chi connectivity index (χ4v) is 3.57. The Morgan fingerprint density at radius 2 is 1.78 bits per heavy atom. The van der Waals surface area contributed by atoms with E-state index in [-0.39, 0.29) is 0 Å². The SMILES string of the molecule is Cc1ccc(-c2c[n+](Cc3ccccc3C)c3n2CCC3)cc1. The quantitative estimate of drug-likeness (QED) is 0.645. The van der Waals surface area contributed by atoms with Crippen LogP contribution in [-0.2, 0) is 19.5 Å². The molecular weight excluding hydrogens is 280 g/mol. The number of aryl methyl sites for hydroxylation is 2. The van der Waals surface area contributed by atoms with Crippen LogP contribution in [0.3, 0.4) is 0 Å². The molecule has 0 spiro atoms. The van der Waals surface area contributed by atoms with E-state index < -0.39 is 0 Å². The van der Waals surface area contributed by atoms with Gasteiger partial charge in [-0.1, -0.05) is 54.1 Å². The lowest BCUT2D eigenvalue weighted by Gasteiger charge is -2.03. The molecule has 23 heavy (non-hydrogen) atoms. The van der Waals surface area contributed by atoms with Crippen LogP contribution in [0.1, 0.15) is 28.9 Å². The van der Waals surface area contributed by atoms with E-state index in [1.165, 1.54) is 46.6 Å². The average Bonchev–Trinajstić information content (AvgIpc) is 3.14. The lowest BCUT2D eigenvalue weighted by atomic mass is 10.1. The maximum atomic E-state index is 2.50. The summed E-state index contributed by atoms with van der Waals surface area (Å²) in [6.45, 7) is 6.45. The van der Waals surface area contributed by atoms with Crippen molar-refractivity contribution < 1.29 is 4.57 Å². The van der Waals surface area contributed by atoms with Gasteiger partial charge in [-0.05, 0) is 31.4 Å². The van der Waals surface area contributed by atoms with Gasteiger partial charge in [-0.15, -0.1) is 0 Å². The van der Waals surface area contributed by atoms with Gasteiger partial charge in [0.2, 0.25) is 0 Å². The Morgan fingerprint density at radius 3 is 2.57 bits per heavy atom. The van der Waals surface area contributed by atoms with Gasteiger partial charge in [-0.3, -0.25) is 0 Å². The topological polar surface area (TPSA) is 8.81 Å². The van der Waals surface area contributed by atoms with Crippen LogP contribution in [0.5, 0.6) is 0 Å². The third-order valence-corrected chi connectivity index (χ3v) is 4.94. The van der Waals surface area contributed by atoms with E-state index >= 15 is 0 Å². The van der Waals surface area contributed by atoms with Crippen molar-refractivity contribution in [1.29, 1.82) is 0 Å². The molecule has 2 nitrogen and oxygen atoms in total. The molecule has 0 radical (unpaired) electrons. The first-order valence-corrected chi connectivity index (χ1v) is 8.46. The van der Waals surface area contributed by atoms with Crippen molar-refractivity contribution in [3.05, 3.63) is 77.2 Å². The van der Waals surface area contributed by atoms with Crippen molar-refractivity contribution in [3.63, 3.8) is 0 Å². The second-order valence-corrected chi connectivity index (χ2v) is 6.61. The van der Waals surface area contributed by atoms with E-state index in [4.69, 9.17) is 0 Å². The van der Waals surface area contributed by atoms with E-state index in [0.717, 1.165) is 13.1 Å². The molecule has 1 aromatic heterocycles. The molecule has 116 valence electrons. The first kappa shape index (κ1) is 14.3. The zero-order chi connectivity index (χ0) is 15.8. The number of hydrogen-bond acceptors (Lipinski definition) is 0. The number of fused-ring (bicyclic) bond motifs is 1. The van der Waals surface area contributed by atoms with Gasteiger partial charge in [0.15, 0.2) is 5.69 Å². The Balaban J connectivity index is 1.76. The molecule has 3 aromatic rings. The summed E-state index contributed by atoms with van der Waals surface area (Å²) in [7, 11) is 0. The number of imidazole rings is 1. The molecule has 2 heteroatoms. The minimum Gasteiger partial charge on any atom is -0.229 e. The van der Waals surface area contributed by atoms with Crippen LogP contribution >= 0.6 is 0 Å². The summed E-state index contributed by atoms with van der Waals surface area (Å²) in [5.74, 6) is 1.46. The van der Waals surface area contributed by atoms with Gasteiger partial charge in [0, 0.05) is 5.56 Å². The summed E-state index contributed by atoms with van der Waals surface area (Å²) in [5.41, 5.74) is 6.77. The molecule has 0 unspecified atom stereocenters. The highest BCUT2D eigenvalue weighted by molar-refractivity contribution is 5.59. The fraction of sp³-hybridized carbons (Fsp3) is 0.286. The summed E-state index contributed by atoms with van der Waals surface area (Å²) >= 11 is 0. The molecule has 0 fully saturated rings. The number of benzene rings is 2. The van der Waals surface area contributed by atoms with Gasteiger partial charge >= 0.3 is 0 Å². The zero-order valence-electron chi connectivity index (χ0n) is 13.9. The molecule has 4 rings (SSSR count). The van der Waals surface area contributed by atoms with Crippen LogP contribution in [-0.4, -0.2) is 4.57 Å². The van der Waals surface area contributed by atoms with Crippen LogP contribution in [0.25, 0.3) is 11.3 Å². The predicted octanol–water partition coefficient (Wildman–Crippen LogP) is 4.05. The minimum absolute atomic E-state index is 0.966. The van der Waals surface area contributed by atoms with Crippen molar-refractivity contribution in [2.24, 2.45) is 0 Å². The monoisotopic (exact) mass is 303 g/mol. The largest absolute Gasteiger partial charge is 0.257 e. The Labute approximate surface area is 138 Å². The predicted molar refractivity (Wildman–Crippen MR) is 93.4 cm³/mol. The number of nitrogens with zero attached hydrogens (tertiary/aromatic N) is 2. The average molecular weight is 303 g/mol. The minimum atomic E-state index is 0.966. The van der Waals surface area contributed by atoms with Gasteiger partial charge in [-0.2, -0.15) is 0 Å². The normalized spacial score (nSPS) is 13.3. The zero-order valence-corrected chi connectivity index (χ0v) is 13.9. The molecule has 0 amide bonds. The third kappa shape index (κ3) is 2.59. The maximum Gasteiger partial charge on any atom is 0.257 e. The molecule has 2 aromatic carbocycles. The smallest absolute Gasteiger partial charge is 0.229 e. The van der Waals surface area contributed by atoms with Crippen LogP contribution < -0.4 is 4.57 Å². The van der Waals surface area contributed by atoms with Gasteiger partial charge < -0.3 is 0 Å². The Bertz CT molecular complexity index is 841. The van der Waals surface area contributed by atoms with Crippen LogP contribution in [0.2, 0.25) is 0 Å². The molecular formula is C21H23N2+. The standard InChI is InChI=1S/C21H23N2/c1-16-9-11-18(12-10-16)20-15-22(21-8-5-13-23(20)21)14-19-7-4-3-6-17(19)2/h3-4,6-7,9-12,15H,5,8,13-14H2,1-2H3/q+1. The fourth-order valence-electron chi connectivity index (χ4n) is 3.57. The molecule has 1 aliphatic heterocycles. The second kappa shape index (κ2) is 5.69. The van der Waals surface area contributed by atoms with Crippen molar-refractivity contribution >= 4 is 0 Å². The lowest BCUT2D eigenvalue weighted by Crippen LogP contribution is -2.36. The maximum absolute atomic E-state index is 2.50. The highest BCUT2D eigenvalue weighted by Crippen LogP contribution is 2.25. The van der Waals surface area contributed by atoms with Crippen molar-refractivity contribution in [2.75, 3.05) is 0 Å². The summed E-state index contributed by atoms with van der Waals surface area (Å²) in [5, 5.41) is 0. The van der Waals surface area contributed by atoms with E-state index in [1.807, 2.05) is 0 Å². The molecule has 0 aliphatic carbocycles. The summed E-state index contributed by atoms with van der Waals surface area (Å²) in [6, 6.07) is 17.6. The lowest BCUT2D eigenvalue weighted by molar-refractivity contribution is -0.694. The Morgan fingerprint density at radius 1 is 1.00 bits per heavy atom. The summed E-state index contributed by atoms with van der Waals surface area (Å²) < 4.78 is 4.95. The number of hydrogen-bond donors (Lipinski definition) is 0. The molecule has 0 bridgehead atoms. The number of rotatable bonds is 3. The van der Waals surface area contributed by atoms with Crippen LogP contribution in [0.15, 0.2) is 54.7 Å². The van der Waals surface area contributed by atoms with Crippen molar-refractivity contribution in [3.8, 4) is 11.3 Å². The van der Waals surface area contributed by atoms with Crippen molar-refractivity contribution in [2.45, 2.75) is 39.8 Å². The van der Waals surface area contributed by atoms with Gasteiger partial charge in [0.25, 0.3) is 5.82 Å². The molecule has 0 atom stereocenters. The highest BCUT2D eigenvalue weighted by Gasteiger charge is 2.28. The van der Waals surface area contributed by atoms with E-state index in [2.05, 4.69) is 77.7 Å². The molecule has 2 heterocycles.